The van der Waals surface area contributed by atoms with Crippen molar-refractivity contribution in [2.45, 2.75) is 13.8 Å². The summed E-state index contributed by atoms with van der Waals surface area (Å²) in [5.74, 6) is -0.983. The van der Waals surface area contributed by atoms with Crippen molar-refractivity contribution >= 4 is 5.97 Å². The molecule has 0 atom stereocenters. The molecule has 2 rings (SSSR count). The van der Waals surface area contributed by atoms with E-state index in [0.717, 1.165) is 11.4 Å². The number of nitrogens with zero attached hydrogens (tertiary/aromatic N) is 3. The molecular weight excluding hydrogens is 206 g/mol. The lowest BCUT2D eigenvalue weighted by molar-refractivity contribution is 0.0696. The molecule has 0 saturated heterocycles. The first-order valence-electron chi connectivity index (χ1n) is 4.79. The zero-order valence-corrected chi connectivity index (χ0v) is 9.01. The van der Waals surface area contributed by atoms with Crippen LogP contribution in [0.15, 0.2) is 24.8 Å². The predicted molar refractivity (Wildman–Crippen MR) is 57.8 cm³/mol. The second-order valence-electron chi connectivity index (χ2n) is 3.52. The molecule has 2 aromatic heterocycles. The Kier molecular flexibility index (Phi) is 2.44. The van der Waals surface area contributed by atoms with E-state index < -0.39 is 5.97 Å². The van der Waals surface area contributed by atoms with Crippen LogP contribution in [0.3, 0.4) is 0 Å². The van der Waals surface area contributed by atoms with Crippen LogP contribution in [0.4, 0.5) is 0 Å². The lowest BCUT2D eigenvalue weighted by Crippen LogP contribution is -2.01. The van der Waals surface area contributed by atoms with Crippen molar-refractivity contribution in [2.75, 3.05) is 0 Å². The molecule has 5 heteroatoms. The predicted octanol–water partition coefficient (Wildman–Crippen LogP) is 1.58. The Labute approximate surface area is 92.4 Å². The van der Waals surface area contributed by atoms with Gasteiger partial charge in [-0.15, -0.1) is 0 Å². The fraction of sp³-hybridized carbons (Fsp3) is 0.182. The molecule has 16 heavy (non-hydrogen) atoms. The number of carbonyl (C=O) groups is 1. The minimum absolute atomic E-state index is 0.170. The molecule has 0 saturated carbocycles. The molecule has 82 valence electrons. The molecule has 0 aliphatic carbocycles. The van der Waals surface area contributed by atoms with Crippen LogP contribution in [0.2, 0.25) is 0 Å². The van der Waals surface area contributed by atoms with Crippen LogP contribution >= 0.6 is 0 Å². The highest BCUT2D eigenvalue weighted by Gasteiger charge is 2.08. The summed E-state index contributed by atoms with van der Waals surface area (Å²) in [5.41, 5.74) is 2.77. The van der Waals surface area contributed by atoms with Crippen molar-refractivity contribution in [2.24, 2.45) is 0 Å². The molecular formula is C11H11N3O2. The minimum Gasteiger partial charge on any atom is -0.478 e. The molecule has 0 fully saturated rings. The van der Waals surface area contributed by atoms with Crippen LogP contribution < -0.4 is 0 Å². The van der Waals surface area contributed by atoms with Gasteiger partial charge >= 0.3 is 5.97 Å². The van der Waals surface area contributed by atoms with Gasteiger partial charge in [-0.1, -0.05) is 0 Å². The smallest absolute Gasteiger partial charge is 0.337 e. The number of imidazole rings is 1. The molecule has 0 aliphatic rings. The third-order valence-electron chi connectivity index (χ3n) is 2.50. The van der Waals surface area contributed by atoms with E-state index in [-0.39, 0.29) is 5.56 Å². The van der Waals surface area contributed by atoms with Crippen molar-refractivity contribution in [3.8, 4) is 5.69 Å². The maximum Gasteiger partial charge on any atom is 0.337 e. The third-order valence-corrected chi connectivity index (χ3v) is 2.50. The molecule has 1 N–H and O–H groups in total. The first kappa shape index (κ1) is 10.4. The van der Waals surface area contributed by atoms with Gasteiger partial charge in [-0.05, 0) is 19.9 Å². The van der Waals surface area contributed by atoms with E-state index in [4.69, 9.17) is 5.11 Å². The Balaban J connectivity index is 2.52. The Hall–Kier alpha value is -2.17. The second-order valence-corrected chi connectivity index (χ2v) is 3.52. The summed E-state index contributed by atoms with van der Waals surface area (Å²) in [4.78, 5) is 18.9. The van der Waals surface area contributed by atoms with E-state index in [1.165, 1.54) is 6.20 Å². The molecule has 0 aliphatic heterocycles. The standard InChI is InChI=1S/C11H11N3O2/c1-7-8(2)14(6-13-7)10-3-9(11(15)16)4-12-5-10/h3-6H,1-2H3,(H,15,16). The van der Waals surface area contributed by atoms with Gasteiger partial charge in [0.15, 0.2) is 0 Å². The second kappa shape index (κ2) is 3.77. The number of aryl methyl sites for hydroxylation is 1. The van der Waals surface area contributed by atoms with Crippen molar-refractivity contribution in [1.82, 2.24) is 14.5 Å². The average Bonchev–Trinajstić information content (AvgIpc) is 2.60. The largest absolute Gasteiger partial charge is 0.478 e. The molecule has 0 bridgehead atoms. The number of hydrogen-bond donors (Lipinski definition) is 1. The molecule has 0 unspecified atom stereocenters. The van der Waals surface area contributed by atoms with E-state index in [1.807, 2.05) is 18.4 Å². The van der Waals surface area contributed by atoms with Crippen LogP contribution in [0, 0.1) is 13.8 Å². The average molecular weight is 217 g/mol. The number of aromatic nitrogens is 3. The maximum absolute atomic E-state index is 10.8. The molecule has 2 aromatic rings. The van der Waals surface area contributed by atoms with Crippen molar-refractivity contribution in [3.05, 3.63) is 41.7 Å². The SMILES string of the molecule is Cc1ncn(-c2cncc(C(=O)O)c2)c1C. The van der Waals surface area contributed by atoms with E-state index in [9.17, 15) is 4.79 Å². The summed E-state index contributed by atoms with van der Waals surface area (Å²) >= 11 is 0. The minimum atomic E-state index is -0.983. The third kappa shape index (κ3) is 1.67. The monoisotopic (exact) mass is 217 g/mol. The lowest BCUT2D eigenvalue weighted by Gasteiger charge is -2.05. The summed E-state index contributed by atoms with van der Waals surface area (Å²) in [7, 11) is 0. The first-order valence-corrected chi connectivity index (χ1v) is 4.79. The van der Waals surface area contributed by atoms with Crippen molar-refractivity contribution in [3.63, 3.8) is 0 Å². The van der Waals surface area contributed by atoms with Gasteiger partial charge in [0, 0.05) is 11.9 Å². The van der Waals surface area contributed by atoms with Gasteiger partial charge in [0.1, 0.15) is 0 Å². The number of hydrogen-bond acceptors (Lipinski definition) is 3. The summed E-state index contributed by atoms with van der Waals surface area (Å²) in [5, 5.41) is 8.87. The molecule has 5 nitrogen and oxygen atoms in total. The van der Waals surface area contributed by atoms with E-state index in [1.54, 1.807) is 18.6 Å². The van der Waals surface area contributed by atoms with Gasteiger partial charge in [-0.3, -0.25) is 4.98 Å². The first-order chi connectivity index (χ1) is 7.59. The van der Waals surface area contributed by atoms with Gasteiger partial charge in [0.2, 0.25) is 0 Å². The summed E-state index contributed by atoms with van der Waals surface area (Å²) in [6.07, 6.45) is 4.60. The highest BCUT2D eigenvalue weighted by atomic mass is 16.4. The quantitative estimate of drug-likeness (QED) is 0.829. The molecule has 0 spiro atoms. The Morgan fingerprint density at radius 2 is 2.12 bits per heavy atom. The van der Waals surface area contributed by atoms with E-state index in [0.29, 0.717) is 5.69 Å². The van der Waals surface area contributed by atoms with Crippen LogP contribution in [-0.4, -0.2) is 25.6 Å². The highest BCUT2D eigenvalue weighted by molar-refractivity contribution is 5.87. The Morgan fingerprint density at radius 3 is 2.69 bits per heavy atom. The molecule has 0 radical (unpaired) electrons. The Bertz CT molecular complexity index is 546. The zero-order chi connectivity index (χ0) is 11.7. The number of rotatable bonds is 2. The van der Waals surface area contributed by atoms with Crippen molar-refractivity contribution in [1.29, 1.82) is 0 Å². The Morgan fingerprint density at radius 1 is 1.38 bits per heavy atom. The van der Waals surface area contributed by atoms with Crippen LogP contribution in [0.25, 0.3) is 5.69 Å². The van der Waals surface area contributed by atoms with E-state index in [2.05, 4.69) is 9.97 Å². The lowest BCUT2D eigenvalue weighted by atomic mass is 10.2. The number of aromatic carboxylic acids is 1. The summed E-state index contributed by atoms with van der Waals surface area (Å²) < 4.78 is 1.81. The molecule has 0 aromatic carbocycles. The topological polar surface area (TPSA) is 68.0 Å². The number of pyridine rings is 1. The van der Waals surface area contributed by atoms with Gasteiger partial charge in [-0.25, -0.2) is 9.78 Å². The summed E-state index contributed by atoms with van der Waals surface area (Å²) in [6.45, 7) is 3.83. The van der Waals surface area contributed by atoms with Gasteiger partial charge in [0.05, 0.1) is 29.5 Å². The van der Waals surface area contributed by atoms with Crippen LogP contribution in [0.1, 0.15) is 21.7 Å². The van der Waals surface area contributed by atoms with Crippen LogP contribution in [0.5, 0.6) is 0 Å². The highest BCUT2D eigenvalue weighted by Crippen LogP contribution is 2.13. The molecule has 2 heterocycles. The summed E-state index contributed by atoms with van der Waals surface area (Å²) in [6, 6.07) is 1.57. The van der Waals surface area contributed by atoms with E-state index >= 15 is 0 Å². The fourth-order valence-electron chi connectivity index (χ4n) is 1.44. The van der Waals surface area contributed by atoms with Crippen molar-refractivity contribution < 1.29 is 9.90 Å². The molecule has 0 amide bonds. The number of carboxylic acids is 1. The zero-order valence-electron chi connectivity index (χ0n) is 9.01. The van der Waals surface area contributed by atoms with Crippen LogP contribution in [-0.2, 0) is 0 Å². The fourth-order valence-corrected chi connectivity index (χ4v) is 1.44. The number of carboxylic acid groups (broad SMARTS) is 1. The van der Waals surface area contributed by atoms with Gasteiger partial charge < -0.3 is 9.67 Å². The van der Waals surface area contributed by atoms with Gasteiger partial charge in [-0.2, -0.15) is 0 Å². The normalized spacial score (nSPS) is 10.4. The van der Waals surface area contributed by atoms with Gasteiger partial charge in [0.25, 0.3) is 0 Å². The maximum atomic E-state index is 10.8.